The van der Waals surface area contributed by atoms with Crippen molar-refractivity contribution in [3.8, 4) is 5.75 Å². The van der Waals surface area contributed by atoms with E-state index in [2.05, 4.69) is 16.9 Å². The van der Waals surface area contributed by atoms with Gasteiger partial charge in [0.05, 0.1) is 17.5 Å². The van der Waals surface area contributed by atoms with Crippen LogP contribution < -0.4 is 10.1 Å². The van der Waals surface area contributed by atoms with Gasteiger partial charge in [-0.1, -0.05) is 42.5 Å². The number of amides is 3. The highest BCUT2D eigenvalue weighted by Crippen LogP contribution is 2.50. The second kappa shape index (κ2) is 12.4. The van der Waals surface area contributed by atoms with Gasteiger partial charge in [-0.2, -0.15) is 0 Å². The fraction of sp³-hybridized carbons (Fsp3) is 0.281. The first-order valence-corrected chi connectivity index (χ1v) is 14.8. The molecule has 0 spiro atoms. The molecule has 2 aromatic carbocycles. The molecule has 2 N–H and O–H groups in total. The Labute approximate surface area is 253 Å². The molecule has 2 fully saturated rings. The Hall–Kier alpha value is -4.48. The number of benzene rings is 2. The number of carbonyl (C=O) groups excluding carboxylic acids is 4. The first-order valence-electron chi connectivity index (χ1n) is 13.8. The highest BCUT2D eigenvalue weighted by atomic mass is 32.2. The van der Waals surface area contributed by atoms with Gasteiger partial charge >= 0.3 is 5.97 Å². The van der Waals surface area contributed by atoms with Crippen LogP contribution in [0.1, 0.15) is 38.8 Å². The van der Waals surface area contributed by atoms with E-state index in [1.165, 1.54) is 22.9 Å². The molecule has 1 aromatic heterocycles. The number of aromatic nitrogens is 1. The third-order valence-electron chi connectivity index (χ3n) is 7.82. The minimum Gasteiger partial charge on any atom is -0.423 e. The molecule has 2 aliphatic rings. The van der Waals surface area contributed by atoms with Crippen molar-refractivity contribution in [2.45, 2.75) is 43.3 Å². The number of β-lactam (4-membered cyclic amide) rings is 1. The summed E-state index contributed by atoms with van der Waals surface area (Å²) in [5.74, 6) is -1.59. The summed E-state index contributed by atoms with van der Waals surface area (Å²) in [6.45, 7) is 7.62. The van der Waals surface area contributed by atoms with Crippen LogP contribution in [0.2, 0.25) is 0 Å². The van der Waals surface area contributed by atoms with Gasteiger partial charge in [0, 0.05) is 30.1 Å². The fourth-order valence-electron chi connectivity index (χ4n) is 5.43. The van der Waals surface area contributed by atoms with E-state index in [0.29, 0.717) is 12.1 Å². The van der Waals surface area contributed by atoms with Gasteiger partial charge in [-0.3, -0.25) is 19.4 Å². The van der Waals surface area contributed by atoms with Crippen molar-refractivity contribution >= 4 is 35.5 Å². The molecule has 3 amide bonds. The first-order chi connectivity index (χ1) is 20.7. The van der Waals surface area contributed by atoms with E-state index >= 15 is 0 Å². The molecule has 2 aliphatic heterocycles. The quantitative estimate of drug-likeness (QED) is 0.157. The standard InChI is InChI=1S/C32H32N4O6S/c1-4-16-36-30(40)27-32(36,3)43-19-35(27)29(39)26(37)24(17-21-10-6-5-7-11-21)34-28(38)23-13-8-14-25(20(23)2)42-31(41)22-12-9-15-33-18-22/h4-15,18,24,26-27,37H,1,16-17,19H2,2-3H3,(H,34,38)/t24?,26-,27+,32?/m0/s1. The van der Waals surface area contributed by atoms with Gasteiger partial charge in [-0.25, -0.2) is 4.79 Å². The molecule has 0 radical (unpaired) electrons. The number of aliphatic hydroxyl groups is 1. The molecule has 2 saturated heterocycles. The van der Waals surface area contributed by atoms with Crippen LogP contribution >= 0.6 is 11.8 Å². The van der Waals surface area contributed by atoms with Gasteiger partial charge in [0.15, 0.2) is 6.10 Å². The third kappa shape index (κ3) is 5.78. The number of thioether (sulfide) groups is 1. The second-order valence-electron chi connectivity index (χ2n) is 10.6. The maximum absolute atomic E-state index is 13.7. The number of hydrogen-bond donors (Lipinski definition) is 2. The average molecular weight is 601 g/mol. The molecule has 0 aliphatic carbocycles. The van der Waals surface area contributed by atoms with Crippen LogP contribution in [0.25, 0.3) is 0 Å². The van der Waals surface area contributed by atoms with Crippen molar-refractivity contribution < 1.29 is 29.0 Å². The summed E-state index contributed by atoms with van der Waals surface area (Å²) in [5, 5.41) is 14.2. The molecule has 3 heterocycles. The van der Waals surface area contributed by atoms with Crippen LogP contribution in [0.3, 0.4) is 0 Å². The lowest BCUT2D eigenvalue weighted by Crippen LogP contribution is -2.73. The Kier molecular flexibility index (Phi) is 8.65. The number of fused-ring (bicyclic) bond motifs is 1. The number of hydrogen-bond acceptors (Lipinski definition) is 8. The van der Waals surface area contributed by atoms with E-state index in [1.54, 1.807) is 54.4 Å². The van der Waals surface area contributed by atoms with Gasteiger partial charge in [0.2, 0.25) is 5.91 Å². The monoisotopic (exact) mass is 600 g/mol. The summed E-state index contributed by atoms with van der Waals surface area (Å²) >= 11 is 1.45. The Morgan fingerprint density at radius 2 is 1.95 bits per heavy atom. The zero-order valence-corrected chi connectivity index (χ0v) is 24.6. The van der Waals surface area contributed by atoms with Crippen molar-refractivity contribution in [2.24, 2.45) is 0 Å². The van der Waals surface area contributed by atoms with Crippen molar-refractivity contribution in [1.82, 2.24) is 20.1 Å². The average Bonchev–Trinajstić information content (AvgIpc) is 3.34. The predicted octanol–water partition coefficient (Wildman–Crippen LogP) is 2.96. The second-order valence-corrected chi connectivity index (χ2v) is 11.9. The lowest BCUT2D eigenvalue weighted by atomic mass is 9.93. The summed E-state index contributed by atoms with van der Waals surface area (Å²) in [5.41, 5.74) is 1.68. The largest absolute Gasteiger partial charge is 0.423 e. The van der Waals surface area contributed by atoms with Crippen molar-refractivity contribution in [3.05, 3.63) is 108 Å². The molecule has 0 bridgehead atoms. The van der Waals surface area contributed by atoms with Crippen molar-refractivity contribution in [3.63, 3.8) is 0 Å². The third-order valence-corrected chi connectivity index (χ3v) is 9.26. The number of esters is 1. The van der Waals surface area contributed by atoms with Crippen LogP contribution in [0.4, 0.5) is 0 Å². The van der Waals surface area contributed by atoms with Gasteiger partial charge in [-0.05, 0) is 50.1 Å². The zero-order chi connectivity index (χ0) is 30.7. The minimum absolute atomic E-state index is 0.160. The van der Waals surface area contributed by atoms with Crippen LogP contribution in [0.5, 0.6) is 5.75 Å². The molecule has 3 aromatic rings. The van der Waals surface area contributed by atoms with E-state index in [0.717, 1.165) is 5.56 Å². The number of carbonyl (C=O) groups is 4. The normalized spacial score (nSPS) is 20.4. The lowest BCUT2D eigenvalue weighted by Gasteiger charge is -2.52. The number of pyridine rings is 1. The lowest BCUT2D eigenvalue weighted by molar-refractivity contribution is -0.166. The molecular weight excluding hydrogens is 568 g/mol. The molecular formula is C32H32N4O6S. The maximum Gasteiger partial charge on any atom is 0.345 e. The predicted molar refractivity (Wildman–Crippen MR) is 161 cm³/mol. The first kappa shape index (κ1) is 30.0. The number of nitrogens with one attached hydrogen (secondary N) is 1. The summed E-state index contributed by atoms with van der Waals surface area (Å²) in [4.78, 5) is 59.2. The number of ether oxygens (including phenoxy) is 1. The van der Waals surface area contributed by atoms with E-state index in [9.17, 15) is 24.3 Å². The minimum atomic E-state index is -1.62. The number of aliphatic hydroxyl groups excluding tert-OH is 1. The van der Waals surface area contributed by atoms with Crippen molar-refractivity contribution in [2.75, 3.05) is 12.4 Å². The van der Waals surface area contributed by atoms with E-state index < -0.39 is 40.8 Å². The highest BCUT2D eigenvalue weighted by Gasteiger charge is 2.65. The topological polar surface area (TPSA) is 129 Å². The zero-order valence-electron chi connectivity index (χ0n) is 23.8. The number of likely N-dealkylation sites (tertiary alicyclic amines) is 1. The Balaban J connectivity index is 1.36. The van der Waals surface area contributed by atoms with Gasteiger partial charge in [0.25, 0.3) is 11.8 Å². The molecule has 222 valence electrons. The van der Waals surface area contributed by atoms with Gasteiger partial charge in [-0.15, -0.1) is 18.3 Å². The Morgan fingerprint density at radius 1 is 1.19 bits per heavy atom. The van der Waals surface area contributed by atoms with E-state index in [1.807, 2.05) is 37.3 Å². The Morgan fingerprint density at radius 3 is 2.65 bits per heavy atom. The number of nitrogens with zero attached hydrogens (tertiary/aromatic N) is 3. The van der Waals surface area contributed by atoms with Crippen LogP contribution in [-0.2, 0) is 16.0 Å². The van der Waals surface area contributed by atoms with Crippen molar-refractivity contribution in [1.29, 1.82) is 0 Å². The molecule has 5 rings (SSSR count). The van der Waals surface area contributed by atoms with Gasteiger partial charge < -0.3 is 25.0 Å². The highest BCUT2D eigenvalue weighted by molar-refractivity contribution is 8.01. The molecule has 2 unspecified atom stereocenters. The fourth-order valence-corrected chi connectivity index (χ4v) is 6.82. The summed E-state index contributed by atoms with van der Waals surface area (Å²) in [6, 6.07) is 15.4. The summed E-state index contributed by atoms with van der Waals surface area (Å²) in [7, 11) is 0. The Bertz CT molecular complexity index is 1550. The SMILES string of the molecule is C=CCN1C(=O)[C@H]2N(C(=O)[C@@H](O)C(Cc3ccccc3)NC(=O)c3cccc(OC(=O)c4cccnc4)c3C)CSC21C. The van der Waals surface area contributed by atoms with E-state index in [4.69, 9.17) is 4.74 Å². The van der Waals surface area contributed by atoms with Crippen LogP contribution in [-0.4, -0.2) is 79.1 Å². The maximum atomic E-state index is 13.7. The molecule has 4 atom stereocenters. The van der Waals surface area contributed by atoms with Crippen LogP contribution in [0, 0.1) is 6.92 Å². The van der Waals surface area contributed by atoms with Gasteiger partial charge in [0.1, 0.15) is 16.7 Å². The smallest absolute Gasteiger partial charge is 0.345 e. The molecule has 0 saturated carbocycles. The molecule has 10 nitrogen and oxygen atoms in total. The number of rotatable bonds is 10. The van der Waals surface area contributed by atoms with Crippen LogP contribution in [0.15, 0.2) is 85.7 Å². The van der Waals surface area contributed by atoms with E-state index in [-0.39, 0.29) is 35.1 Å². The molecule has 11 heteroatoms. The summed E-state index contributed by atoms with van der Waals surface area (Å²) < 4.78 is 5.54. The summed E-state index contributed by atoms with van der Waals surface area (Å²) in [6.07, 6.45) is 3.10. The molecule has 43 heavy (non-hydrogen) atoms.